The van der Waals surface area contributed by atoms with E-state index in [9.17, 15) is 0 Å². The predicted octanol–water partition coefficient (Wildman–Crippen LogP) is 3.87. The molecule has 0 saturated heterocycles. The van der Waals surface area contributed by atoms with Gasteiger partial charge in [-0.05, 0) is 55.4 Å². The molecule has 3 nitrogen and oxygen atoms in total. The maximum Gasteiger partial charge on any atom is 0.0705 e. The highest BCUT2D eigenvalue weighted by Crippen LogP contribution is 2.40. The lowest BCUT2D eigenvalue weighted by Crippen LogP contribution is -2.32. The van der Waals surface area contributed by atoms with Crippen LogP contribution >= 0.6 is 0 Å². The molecule has 0 aliphatic heterocycles. The fraction of sp³-hybridized carbons (Fsp3) is 0.500. The summed E-state index contributed by atoms with van der Waals surface area (Å²) in [6.45, 7) is 4.32. The summed E-state index contributed by atoms with van der Waals surface area (Å²) in [5.74, 6) is 7.39. The molecular formula is C18H25N3. The van der Waals surface area contributed by atoms with Crippen molar-refractivity contribution in [1.82, 2.24) is 10.4 Å². The third-order valence-electron chi connectivity index (χ3n) is 5.02. The molecule has 1 fully saturated rings. The van der Waals surface area contributed by atoms with Crippen LogP contribution in [0.25, 0.3) is 10.9 Å². The SMILES string of the molecule is CCC1CCC(C(NN)c2ccc3nc(C)ccc3c2)C1. The van der Waals surface area contributed by atoms with Crippen molar-refractivity contribution in [1.29, 1.82) is 0 Å². The van der Waals surface area contributed by atoms with E-state index in [2.05, 4.69) is 47.7 Å². The molecule has 3 rings (SSSR count). The van der Waals surface area contributed by atoms with Gasteiger partial charge in [0.15, 0.2) is 0 Å². The van der Waals surface area contributed by atoms with Crippen LogP contribution in [0.15, 0.2) is 30.3 Å². The van der Waals surface area contributed by atoms with Gasteiger partial charge in [-0.25, -0.2) is 0 Å². The highest BCUT2D eigenvalue weighted by molar-refractivity contribution is 5.79. The van der Waals surface area contributed by atoms with Crippen LogP contribution in [0.1, 0.15) is 49.9 Å². The quantitative estimate of drug-likeness (QED) is 0.661. The van der Waals surface area contributed by atoms with Crippen LogP contribution in [-0.4, -0.2) is 4.98 Å². The van der Waals surface area contributed by atoms with Gasteiger partial charge in [-0.1, -0.05) is 31.9 Å². The van der Waals surface area contributed by atoms with E-state index in [0.717, 1.165) is 17.1 Å². The first-order valence-corrected chi connectivity index (χ1v) is 8.04. The van der Waals surface area contributed by atoms with Crippen LogP contribution in [-0.2, 0) is 0 Å². The second-order valence-corrected chi connectivity index (χ2v) is 6.40. The molecule has 0 radical (unpaired) electrons. The van der Waals surface area contributed by atoms with Gasteiger partial charge in [-0.2, -0.15) is 0 Å². The molecular weight excluding hydrogens is 258 g/mol. The van der Waals surface area contributed by atoms with Crippen LogP contribution in [0, 0.1) is 18.8 Å². The van der Waals surface area contributed by atoms with Gasteiger partial charge in [0.2, 0.25) is 0 Å². The van der Waals surface area contributed by atoms with E-state index in [-0.39, 0.29) is 6.04 Å². The van der Waals surface area contributed by atoms with Gasteiger partial charge in [0.05, 0.1) is 5.52 Å². The number of nitrogens with one attached hydrogen (secondary N) is 1. The van der Waals surface area contributed by atoms with Gasteiger partial charge < -0.3 is 0 Å². The Balaban J connectivity index is 1.88. The van der Waals surface area contributed by atoms with E-state index in [4.69, 9.17) is 5.84 Å². The second kappa shape index (κ2) is 6.12. The summed E-state index contributed by atoms with van der Waals surface area (Å²) in [5.41, 5.74) is 6.47. The first kappa shape index (κ1) is 14.5. The summed E-state index contributed by atoms with van der Waals surface area (Å²) in [7, 11) is 0. The Hall–Kier alpha value is -1.45. The van der Waals surface area contributed by atoms with Crippen LogP contribution in [0.5, 0.6) is 0 Å². The van der Waals surface area contributed by atoms with E-state index >= 15 is 0 Å². The number of hydrazine groups is 1. The number of benzene rings is 1. The number of hydrogen-bond acceptors (Lipinski definition) is 3. The van der Waals surface area contributed by atoms with Gasteiger partial charge in [-0.3, -0.25) is 16.3 Å². The molecule has 1 heterocycles. The first-order chi connectivity index (χ1) is 10.2. The number of rotatable bonds is 4. The average Bonchev–Trinajstić information content (AvgIpc) is 2.97. The van der Waals surface area contributed by atoms with E-state index in [1.807, 2.05) is 6.92 Å². The minimum atomic E-state index is 0.257. The van der Waals surface area contributed by atoms with E-state index in [1.54, 1.807) is 0 Å². The molecule has 1 aromatic heterocycles. The molecule has 2 aromatic rings. The normalized spacial score (nSPS) is 23.6. The van der Waals surface area contributed by atoms with Gasteiger partial charge in [0, 0.05) is 17.1 Å². The van der Waals surface area contributed by atoms with Crippen molar-refractivity contribution in [2.24, 2.45) is 17.7 Å². The van der Waals surface area contributed by atoms with Crippen LogP contribution in [0.4, 0.5) is 0 Å². The summed E-state index contributed by atoms with van der Waals surface area (Å²) >= 11 is 0. The monoisotopic (exact) mass is 283 g/mol. The fourth-order valence-electron chi connectivity index (χ4n) is 3.73. The van der Waals surface area contributed by atoms with Crippen LogP contribution in [0.3, 0.4) is 0 Å². The largest absolute Gasteiger partial charge is 0.271 e. The van der Waals surface area contributed by atoms with Gasteiger partial charge >= 0.3 is 0 Å². The van der Waals surface area contributed by atoms with Gasteiger partial charge in [0.25, 0.3) is 0 Å². The Morgan fingerprint density at radius 2 is 2.14 bits per heavy atom. The number of aryl methyl sites for hydroxylation is 1. The minimum absolute atomic E-state index is 0.257. The lowest BCUT2D eigenvalue weighted by atomic mass is 9.90. The Morgan fingerprint density at radius 1 is 1.29 bits per heavy atom. The highest BCUT2D eigenvalue weighted by atomic mass is 15.2. The van der Waals surface area contributed by atoms with Gasteiger partial charge in [0.1, 0.15) is 0 Å². The Kier molecular flexibility index (Phi) is 4.22. The number of aromatic nitrogens is 1. The molecule has 112 valence electrons. The number of nitrogens with two attached hydrogens (primary N) is 1. The predicted molar refractivity (Wildman–Crippen MR) is 87.7 cm³/mol. The molecule has 3 atom stereocenters. The van der Waals surface area contributed by atoms with Gasteiger partial charge in [-0.15, -0.1) is 0 Å². The summed E-state index contributed by atoms with van der Waals surface area (Å²) < 4.78 is 0. The minimum Gasteiger partial charge on any atom is -0.271 e. The Labute approximate surface area is 126 Å². The summed E-state index contributed by atoms with van der Waals surface area (Å²) in [6.07, 6.45) is 5.19. The third kappa shape index (κ3) is 2.94. The van der Waals surface area contributed by atoms with Crippen molar-refractivity contribution in [2.75, 3.05) is 0 Å². The number of nitrogens with zero attached hydrogens (tertiary/aromatic N) is 1. The van der Waals surface area contributed by atoms with Crippen LogP contribution < -0.4 is 11.3 Å². The van der Waals surface area contributed by atoms with Crippen molar-refractivity contribution in [3.63, 3.8) is 0 Å². The molecule has 1 aliphatic rings. The smallest absolute Gasteiger partial charge is 0.0705 e. The summed E-state index contributed by atoms with van der Waals surface area (Å²) in [6, 6.07) is 11.0. The molecule has 0 spiro atoms. The fourth-order valence-corrected chi connectivity index (χ4v) is 3.73. The molecule has 1 saturated carbocycles. The number of hydrogen-bond donors (Lipinski definition) is 2. The molecule has 21 heavy (non-hydrogen) atoms. The zero-order valence-corrected chi connectivity index (χ0v) is 13.0. The van der Waals surface area contributed by atoms with Crippen molar-refractivity contribution in [3.05, 3.63) is 41.6 Å². The molecule has 1 aromatic carbocycles. The number of fused-ring (bicyclic) bond motifs is 1. The lowest BCUT2D eigenvalue weighted by molar-refractivity contribution is 0.358. The molecule has 3 heteroatoms. The lowest BCUT2D eigenvalue weighted by Gasteiger charge is -2.23. The van der Waals surface area contributed by atoms with Crippen molar-refractivity contribution in [3.8, 4) is 0 Å². The zero-order valence-electron chi connectivity index (χ0n) is 13.0. The standard InChI is InChI=1S/C18H25N3/c1-3-13-5-7-15(10-13)18(21-19)16-8-9-17-14(11-16)6-4-12(2)20-17/h4,6,8-9,11,13,15,18,21H,3,5,7,10,19H2,1-2H3. The molecule has 1 aliphatic carbocycles. The molecule has 0 amide bonds. The topological polar surface area (TPSA) is 50.9 Å². The van der Waals surface area contributed by atoms with Crippen molar-refractivity contribution < 1.29 is 0 Å². The number of pyridine rings is 1. The summed E-state index contributed by atoms with van der Waals surface area (Å²) in [4.78, 5) is 4.57. The second-order valence-electron chi connectivity index (χ2n) is 6.40. The average molecular weight is 283 g/mol. The maximum absolute atomic E-state index is 5.87. The van der Waals surface area contributed by atoms with Crippen molar-refractivity contribution >= 4 is 10.9 Å². The molecule has 3 unspecified atom stereocenters. The first-order valence-electron chi connectivity index (χ1n) is 8.04. The zero-order chi connectivity index (χ0) is 14.8. The Bertz CT molecular complexity index is 623. The molecule has 3 N–H and O–H groups in total. The highest BCUT2D eigenvalue weighted by Gasteiger charge is 2.30. The third-order valence-corrected chi connectivity index (χ3v) is 5.02. The Morgan fingerprint density at radius 3 is 2.86 bits per heavy atom. The van der Waals surface area contributed by atoms with E-state index in [0.29, 0.717) is 5.92 Å². The van der Waals surface area contributed by atoms with Crippen LogP contribution in [0.2, 0.25) is 0 Å². The summed E-state index contributed by atoms with van der Waals surface area (Å²) in [5, 5.41) is 1.20. The maximum atomic E-state index is 5.87. The van der Waals surface area contributed by atoms with E-state index in [1.165, 1.54) is 36.6 Å². The van der Waals surface area contributed by atoms with E-state index < -0.39 is 0 Å². The van der Waals surface area contributed by atoms with Crippen molar-refractivity contribution in [2.45, 2.75) is 45.6 Å². The molecule has 0 bridgehead atoms.